The molecule has 33 heavy (non-hydrogen) atoms. The number of halogens is 1. The first-order valence-electron chi connectivity index (χ1n) is 12.1. The van der Waals surface area contributed by atoms with E-state index >= 15 is 0 Å². The van der Waals surface area contributed by atoms with Crippen LogP contribution in [0.3, 0.4) is 0 Å². The van der Waals surface area contributed by atoms with Gasteiger partial charge in [-0.3, -0.25) is 9.97 Å². The van der Waals surface area contributed by atoms with Crippen molar-refractivity contribution < 1.29 is 0 Å². The number of rotatable bonds is 3. The number of para-hydroxylation sites is 1. The second kappa shape index (κ2) is 8.83. The number of fused-ring (bicyclic) bond motifs is 2. The minimum atomic E-state index is 0.782. The molecule has 0 unspecified atom stereocenters. The van der Waals surface area contributed by atoms with Gasteiger partial charge in [-0.1, -0.05) is 29.8 Å². The molecule has 4 aromatic rings. The Hall–Kier alpha value is -2.85. The molecule has 4 heterocycles. The Labute approximate surface area is 200 Å². The van der Waals surface area contributed by atoms with E-state index in [0.717, 1.165) is 59.5 Å². The lowest BCUT2D eigenvalue weighted by molar-refractivity contribution is 0.233. The fourth-order valence-electron chi connectivity index (χ4n) is 5.94. The van der Waals surface area contributed by atoms with Gasteiger partial charge in [0.2, 0.25) is 0 Å². The van der Waals surface area contributed by atoms with Crippen molar-refractivity contribution in [1.29, 1.82) is 0 Å². The molecule has 2 fully saturated rings. The zero-order valence-corrected chi connectivity index (χ0v) is 19.6. The van der Waals surface area contributed by atoms with Gasteiger partial charge in [-0.05, 0) is 73.9 Å². The largest absolute Gasteiger partial charge is 0.370 e. The van der Waals surface area contributed by atoms with Gasteiger partial charge in [0, 0.05) is 49.3 Å². The Kier molecular flexibility index (Phi) is 5.55. The zero-order chi connectivity index (χ0) is 22.2. The maximum Gasteiger partial charge on any atom is 0.0950 e. The van der Waals surface area contributed by atoms with Crippen LogP contribution in [0.15, 0.2) is 67.0 Å². The molecule has 2 aliphatic rings. The average molecular weight is 457 g/mol. The molecule has 2 saturated heterocycles. The number of nitrogens with zero attached hydrogens (tertiary/aromatic N) is 4. The summed E-state index contributed by atoms with van der Waals surface area (Å²) in [6.07, 6.45) is 8.85. The van der Waals surface area contributed by atoms with Gasteiger partial charge in [0.1, 0.15) is 0 Å². The van der Waals surface area contributed by atoms with Crippen molar-refractivity contribution in [1.82, 2.24) is 9.97 Å². The number of benzene rings is 2. The molecule has 0 N–H and O–H groups in total. The van der Waals surface area contributed by atoms with Gasteiger partial charge in [0.05, 0.1) is 27.4 Å². The lowest BCUT2D eigenvalue weighted by Crippen LogP contribution is -2.41. The normalized spacial score (nSPS) is 18.3. The fourth-order valence-corrected chi connectivity index (χ4v) is 6.16. The molecule has 2 aromatic heterocycles. The van der Waals surface area contributed by atoms with E-state index in [-0.39, 0.29) is 0 Å². The number of pyridine rings is 2. The minimum absolute atomic E-state index is 0.782. The number of aromatic nitrogens is 2. The number of hydrogen-bond acceptors (Lipinski definition) is 4. The van der Waals surface area contributed by atoms with E-state index < -0.39 is 0 Å². The van der Waals surface area contributed by atoms with E-state index in [1.807, 2.05) is 30.6 Å². The zero-order valence-electron chi connectivity index (χ0n) is 18.8. The SMILES string of the molecule is Clc1ccc(N2CCC(C3CCN(c4cccc5cccnc45)CC3)CC2)c2ncccc12. The Balaban J connectivity index is 1.11. The van der Waals surface area contributed by atoms with Crippen molar-refractivity contribution in [2.24, 2.45) is 11.8 Å². The third-order valence-electron chi connectivity index (χ3n) is 7.73. The summed E-state index contributed by atoms with van der Waals surface area (Å²) in [7, 11) is 0. The van der Waals surface area contributed by atoms with Crippen molar-refractivity contribution >= 4 is 44.8 Å². The first-order valence-corrected chi connectivity index (χ1v) is 12.5. The first kappa shape index (κ1) is 20.7. The predicted octanol–water partition coefficient (Wildman–Crippen LogP) is 6.57. The van der Waals surface area contributed by atoms with Gasteiger partial charge >= 0.3 is 0 Å². The molecule has 0 bridgehead atoms. The van der Waals surface area contributed by atoms with E-state index in [2.05, 4.69) is 56.2 Å². The van der Waals surface area contributed by atoms with Gasteiger partial charge in [-0.2, -0.15) is 0 Å². The van der Waals surface area contributed by atoms with Crippen molar-refractivity contribution in [2.75, 3.05) is 36.0 Å². The fraction of sp³-hybridized carbons (Fsp3) is 0.357. The second-order valence-corrected chi connectivity index (χ2v) is 9.87. The van der Waals surface area contributed by atoms with E-state index in [1.165, 1.54) is 42.4 Å². The van der Waals surface area contributed by atoms with Gasteiger partial charge < -0.3 is 9.80 Å². The number of hydrogen-bond donors (Lipinski definition) is 0. The number of anilines is 2. The van der Waals surface area contributed by atoms with Crippen LogP contribution in [-0.4, -0.2) is 36.1 Å². The minimum Gasteiger partial charge on any atom is -0.370 e. The molecule has 2 aliphatic heterocycles. The lowest BCUT2D eigenvalue weighted by atomic mass is 9.78. The van der Waals surface area contributed by atoms with Crippen LogP contribution in [0.25, 0.3) is 21.8 Å². The average Bonchev–Trinajstić information content (AvgIpc) is 2.89. The summed E-state index contributed by atoms with van der Waals surface area (Å²) in [5, 5.41) is 3.06. The molecular weight excluding hydrogens is 428 g/mol. The van der Waals surface area contributed by atoms with Crippen LogP contribution >= 0.6 is 11.6 Å². The summed E-state index contributed by atoms with van der Waals surface area (Å²) in [6, 6.07) is 18.9. The number of piperidine rings is 2. The smallest absolute Gasteiger partial charge is 0.0950 e. The monoisotopic (exact) mass is 456 g/mol. The van der Waals surface area contributed by atoms with Crippen LogP contribution in [0.2, 0.25) is 5.02 Å². The van der Waals surface area contributed by atoms with Crippen LogP contribution in [0, 0.1) is 11.8 Å². The predicted molar refractivity (Wildman–Crippen MR) is 138 cm³/mol. The molecular formula is C28H29ClN4. The summed E-state index contributed by atoms with van der Waals surface area (Å²) in [5.74, 6) is 1.65. The molecule has 0 spiro atoms. The molecule has 0 aliphatic carbocycles. The van der Waals surface area contributed by atoms with Crippen molar-refractivity contribution in [3.05, 3.63) is 72.0 Å². The van der Waals surface area contributed by atoms with Gasteiger partial charge in [0.15, 0.2) is 0 Å². The van der Waals surface area contributed by atoms with Crippen LogP contribution < -0.4 is 9.80 Å². The molecule has 0 saturated carbocycles. The van der Waals surface area contributed by atoms with E-state index in [0.29, 0.717) is 0 Å². The summed E-state index contributed by atoms with van der Waals surface area (Å²) in [4.78, 5) is 14.4. The summed E-state index contributed by atoms with van der Waals surface area (Å²) < 4.78 is 0. The molecule has 6 rings (SSSR count). The maximum absolute atomic E-state index is 6.41. The molecule has 2 aromatic carbocycles. The van der Waals surface area contributed by atoms with Crippen LogP contribution in [-0.2, 0) is 0 Å². The third-order valence-corrected chi connectivity index (χ3v) is 8.06. The van der Waals surface area contributed by atoms with Gasteiger partial charge in [0.25, 0.3) is 0 Å². The third kappa shape index (κ3) is 3.91. The first-order chi connectivity index (χ1) is 16.3. The van der Waals surface area contributed by atoms with Crippen LogP contribution in [0.4, 0.5) is 11.4 Å². The van der Waals surface area contributed by atoms with E-state index in [1.54, 1.807) is 0 Å². The quantitative estimate of drug-likeness (QED) is 0.349. The molecule has 0 amide bonds. The lowest BCUT2D eigenvalue weighted by Gasteiger charge is -2.41. The second-order valence-electron chi connectivity index (χ2n) is 9.47. The highest BCUT2D eigenvalue weighted by molar-refractivity contribution is 6.35. The van der Waals surface area contributed by atoms with Crippen molar-refractivity contribution in [2.45, 2.75) is 25.7 Å². The van der Waals surface area contributed by atoms with Crippen molar-refractivity contribution in [3.63, 3.8) is 0 Å². The highest BCUT2D eigenvalue weighted by atomic mass is 35.5. The van der Waals surface area contributed by atoms with Gasteiger partial charge in [-0.15, -0.1) is 0 Å². The Morgan fingerprint density at radius 1 is 0.636 bits per heavy atom. The topological polar surface area (TPSA) is 32.3 Å². The maximum atomic E-state index is 6.41. The highest BCUT2D eigenvalue weighted by Crippen LogP contribution is 2.38. The van der Waals surface area contributed by atoms with E-state index in [4.69, 9.17) is 11.6 Å². The molecule has 0 radical (unpaired) electrons. The Bertz CT molecular complexity index is 1270. The molecule has 168 valence electrons. The summed E-state index contributed by atoms with van der Waals surface area (Å²) in [5.41, 5.74) is 4.69. The molecule has 4 nitrogen and oxygen atoms in total. The Morgan fingerprint density at radius 3 is 1.91 bits per heavy atom. The molecule has 0 atom stereocenters. The molecule has 5 heteroatoms. The van der Waals surface area contributed by atoms with Crippen LogP contribution in [0.1, 0.15) is 25.7 Å². The van der Waals surface area contributed by atoms with Crippen molar-refractivity contribution in [3.8, 4) is 0 Å². The standard InChI is InChI=1S/C28H29ClN4/c29-24-8-9-26(28-23(24)6-3-15-31-28)33-18-12-21(13-19-33)20-10-16-32(17-11-20)25-7-1-4-22-5-2-14-30-27(22)25/h1-9,14-15,20-21H,10-13,16-19H2. The van der Waals surface area contributed by atoms with Gasteiger partial charge in [-0.25, -0.2) is 0 Å². The van der Waals surface area contributed by atoms with Crippen LogP contribution in [0.5, 0.6) is 0 Å². The summed E-state index contributed by atoms with van der Waals surface area (Å²) in [6.45, 7) is 4.47. The van der Waals surface area contributed by atoms with E-state index in [9.17, 15) is 0 Å². The summed E-state index contributed by atoms with van der Waals surface area (Å²) >= 11 is 6.41. The Morgan fingerprint density at radius 2 is 1.21 bits per heavy atom. The highest BCUT2D eigenvalue weighted by Gasteiger charge is 2.30.